The molecule has 0 atom stereocenters. The van der Waals surface area contributed by atoms with Gasteiger partial charge in [0, 0.05) is 23.0 Å². The molecule has 3 heteroatoms. The molecule has 2 aromatic carbocycles. The number of anilines is 2. The molecule has 0 unspecified atom stereocenters. The van der Waals surface area contributed by atoms with E-state index in [9.17, 15) is 0 Å². The van der Waals surface area contributed by atoms with Crippen molar-refractivity contribution < 1.29 is 0 Å². The molecule has 0 saturated carbocycles. The van der Waals surface area contributed by atoms with Gasteiger partial charge in [0.1, 0.15) is 5.69 Å². The Bertz CT molecular complexity index is 908. The van der Waals surface area contributed by atoms with Crippen LogP contribution in [0.3, 0.4) is 0 Å². The fourth-order valence-electron chi connectivity index (χ4n) is 2.94. The number of nitrogens with one attached hydrogen (secondary N) is 1. The lowest BCUT2D eigenvalue weighted by Crippen LogP contribution is -2.05. The standard InChI is InChI=1S/C21H19N3/c1-14(2)15-9-11-16(12-10-15)20-17-6-3-4-7-18(17)24-21-19(23-20)8-5-13-22-21/h3-14H,1-2H3,(H,22,24). The van der Waals surface area contributed by atoms with Gasteiger partial charge in [0.05, 0.1) is 5.71 Å². The summed E-state index contributed by atoms with van der Waals surface area (Å²) in [5.74, 6) is 1.31. The number of benzene rings is 2. The minimum atomic E-state index is 0.522. The van der Waals surface area contributed by atoms with Crippen molar-refractivity contribution in [1.29, 1.82) is 0 Å². The lowest BCUT2D eigenvalue weighted by molar-refractivity contribution is 0.866. The first-order chi connectivity index (χ1) is 11.7. The summed E-state index contributed by atoms with van der Waals surface area (Å²) >= 11 is 0. The lowest BCUT2D eigenvalue weighted by Gasteiger charge is -2.11. The zero-order valence-electron chi connectivity index (χ0n) is 13.8. The Balaban J connectivity index is 1.90. The summed E-state index contributed by atoms with van der Waals surface area (Å²) in [5.41, 5.74) is 6.40. The molecule has 3 nitrogen and oxygen atoms in total. The lowest BCUT2D eigenvalue weighted by atomic mass is 9.96. The fraction of sp³-hybridized carbons (Fsp3) is 0.143. The topological polar surface area (TPSA) is 37.3 Å². The molecule has 118 valence electrons. The number of fused-ring (bicyclic) bond motifs is 2. The Labute approximate surface area is 142 Å². The van der Waals surface area contributed by atoms with Crippen molar-refractivity contribution in [1.82, 2.24) is 4.98 Å². The highest BCUT2D eigenvalue weighted by molar-refractivity contribution is 6.18. The number of hydrogen-bond acceptors (Lipinski definition) is 3. The molecule has 2 heterocycles. The minimum Gasteiger partial charge on any atom is -0.338 e. The van der Waals surface area contributed by atoms with Crippen molar-refractivity contribution in [2.75, 3.05) is 5.32 Å². The SMILES string of the molecule is CC(C)c1ccc(C2=Nc3cccnc3Nc3ccccc32)cc1. The molecule has 3 aromatic rings. The average molecular weight is 313 g/mol. The zero-order valence-corrected chi connectivity index (χ0v) is 13.8. The third-order valence-corrected chi connectivity index (χ3v) is 4.30. The van der Waals surface area contributed by atoms with Gasteiger partial charge in [-0.15, -0.1) is 0 Å². The Morgan fingerprint density at radius 2 is 1.67 bits per heavy atom. The van der Waals surface area contributed by atoms with E-state index < -0.39 is 0 Å². The van der Waals surface area contributed by atoms with Crippen LogP contribution in [0.15, 0.2) is 71.9 Å². The smallest absolute Gasteiger partial charge is 0.156 e. The second-order valence-corrected chi connectivity index (χ2v) is 6.28. The predicted octanol–water partition coefficient (Wildman–Crippen LogP) is 5.43. The Morgan fingerprint density at radius 1 is 0.875 bits per heavy atom. The van der Waals surface area contributed by atoms with Crippen LogP contribution in [0.4, 0.5) is 17.2 Å². The Morgan fingerprint density at radius 3 is 2.46 bits per heavy atom. The molecule has 1 aliphatic rings. The van der Waals surface area contributed by atoms with E-state index in [0.717, 1.165) is 34.0 Å². The van der Waals surface area contributed by atoms with Crippen LogP contribution in [0.25, 0.3) is 0 Å². The molecular weight excluding hydrogens is 294 g/mol. The van der Waals surface area contributed by atoms with Gasteiger partial charge in [0.15, 0.2) is 5.82 Å². The summed E-state index contributed by atoms with van der Waals surface area (Å²) in [6.07, 6.45) is 1.78. The molecule has 1 aromatic heterocycles. The highest BCUT2D eigenvalue weighted by atomic mass is 15.0. The average Bonchev–Trinajstić information content (AvgIpc) is 2.78. The summed E-state index contributed by atoms with van der Waals surface area (Å²) in [4.78, 5) is 9.34. The molecule has 24 heavy (non-hydrogen) atoms. The summed E-state index contributed by atoms with van der Waals surface area (Å²) in [6, 6.07) is 20.8. The number of aromatic nitrogens is 1. The number of nitrogens with zero attached hydrogens (tertiary/aromatic N) is 2. The van der Waals surface area contributed by atoms with Crippen LogP contribution in [0.1, 0.15) is 36.5 Å². The van der Waals surface area contributed by atoms with E-state index in [4.69, 9.17) is 4.99 Å². The molecule has 0 aliphatic carbocycles. The molecule has 0 radical (unpaired) electrons. The normalized spacial score (nSPS) is 12.7. The Hall–Kier alpha value is -2.94. The molecule has 0 spiro atoms. The quantitative estimate of drug-likeness (QED) is 0.535. The molecule has 4 rings (SSSR count). The van der Waals surface area contributed by atoms with Gasteiger partial charge in [0.25, 0.3) is 0 Å². The molecule has 0 saturated heterocycles. The molecule has 0 amide bonds. The van der Waals surface area contributed by atoms with Gasteiger partial charge < -0.3 is 5.32 Å². The van der Waals surface area contributed by atoms with E-state index in [1.807, 2.05) is 24.3 Å². The maximum atomic E-state index is 4.92. The first-order valence-corrected chi connectivity index (χ1v) is 8.23. The summed E-state index contributed by atoms with van der Waals surface area (Å²) in [6.45, 7) is 4.42. The highest BCUT2D eigenvalue weighted by Crippen LogP contribution is 2.33. The number of rotatable bonds is 2. The van der Waals surface area contributed by atoms with Crippen molar-refractivity contribution >= 4 is 22.9 Å². The maximum absolute atomic E-state index is 4.92. The van der Waals surface area contributed by atoms with E-state index in [0.29, 0.717) is 5.92 Å². The van der Waals surface area contributed by atoms with Gasteiger partial charge in [-0.3, -0.25) is 0 Å². The van der Waals surface area contributed by atoms with Crippen molar-refractivity contribution in [3.05, 3.63) is 83.6 Å². The van der Waals surface area contributed by atoms with Crippen LogP contribution in [-0.2, 0) is 0 Å². The summed E-state index contributed by atoms with van der Waals surface area (Å²) in [7, 11) is 0. The first kappa shape index (κ1) is 14.6. The van der Waals surface area contributed by atoms with Crippen LogP contribution < -0.4 is 5.32 Å². The van der Waals surface area contributed by atoms with Crippen molar-refractivity contribution in [3.8, 4) is 0 Å². The zero-order chi connectivity index (χ0) is 16.5. The van der Waals surface area contributed by atoms with Gasteiger partial charge in [0.2, 0.25) is 0 Å². The first-order valence-electron chi connectivity index (χ1n) is 8.23. The van der Waals surface area contributed by atoms with E-state index in [-0.39, 0.29) is 0 Å². The van der Waals surface area contributed by atoms with Crippen molar-refractivity contribution in [2.24, 2.45) is 4.99 Å². The monoisotopic (exact) mass is 313 g/mol. The molecule has 0 bridgehead atoms. The van der Waals surface area contributed by atoms with E-state index in [2.05, 4.69) is 60.5 Å². The van der Waals surface area contributed by atoms with Gasteiger partial charge >= 0.3 is 0 Å². The second kappa shape index (κ2) is 5.93. The van der Waals surface area contributed by atoms with Gasteiger partial charge in [-0.2, -0.15) is 0 Å². The second-order valence-electron chi connectivity index (χ2n) is 6.28. The van der Waals surface area contributed by atoms with E-state index in [1.165, 1.54) is 5.56 Å². The van der Waals surface area contributed by atoms with Gasteiger partial charge in [-0.05, 0) is 29.7 Å². The fourth-order valence-corrected chi connectivity index (χ4v) is 2.94. The molecule has 0 fully saturated rings. The minimum absolute atomic E-state index is 0.522. The summed E-state index contributed by atoms with van der Waals surface area (Å²) in [5, 5.41) is 3.41. The van der Waals surface area contributed by atoms with Gasteiger partial charge in [-0.25, -0.2) is 9.98 Å². The molecular formula is C21H19N3. The summed E-state index contributed by atoms with van der Waals surface area (Å²) < 4.78 is 0. The number of pyridine rings is 1. The number of aliphatic imine (C=N–C) groups is 1. The van der Waals surface area contributed by atoms with Crippen LogP contribution in [0, 0.1) is 0 Å². The number of hydrogen-bond donors (Lipinski definition) is 1. The van der Waals surface area contributed by atoms with Crippen molar-refractivity contribution in [2.45, 2.75) is 19.8 Å². The van der Waals surface area contributed by atoms with Crippen molar-refractivity contribution in [3.63, 3.8) is 0 Å². The molecule has 1 N–H and O–H groups in total. The van der Waals surface area contributed by atoms with Gasteiger partial charge in [-0.1, -0.05) is 56.3 Å². The van der Waals surface area contributed by atoms with Crippen LogP contribution >= 0.6 is 0 Å². The van der Waals surface area contributed by atoms with Crippen LogP contribution in [0.5, 0.6) is 0 Å². The highest BCUT2D eigenvalue weighted by Gasteiger charge is 2.18. The third-order valence-electron chi connectivity index (χ3n) is 4.30. The largest absolute Gasteiger partial charge is 0.338 e. The van der Waals surface area contributed by atoms with Crippen LogP contribution in [0.2, 0.25) is 0 Å². The molecule has 1 aliphatic heterocycles. The van der Waals surface area contributed by atoms with E-state index >= 15 is 0 Å². The number of para-hydroxylation sites is 1. The maximum Gasteiger partial charge on any atom is 0.156 e. The Kier molecular flexibility index (Phi) is 3.62. The van der Waals surface area contributed by atoms with E-state index in [1.54, 1.807) is 6.20 Å². The van der Waals surface area contributed by atoms with Crippen LogP contribution in [-0.4, -0.2) is 10.7 Å². The predicted molar refractivity (Wildman–Crippen MR) is 99.8 cm³/mol. The third kappa shape index (κ3) is 2.58.